The molecule has 2 rings (SSSR count). The van der Waals surface area contributed by atoms with Crippen LogP contribution in [0.2, 0.25) is 5.02 Å². The molecule has 0 radical (unpaired) electrons. The molecule has 1 atom stereocenters. The van der Waals surface area contributed by atoms with Crippen molar-refractivity contribution in [3.63, 3.8) is 0 Å². The fraction of sp³-hybridized carbons (Fsp3) is 0.125. The van der Waals surface area contributed by atoms with Crippen molar-refractivity contribution in [1.82, 2.24) is 4.98 Å². The number of nitrogen functional groups attached to an aromatic ring is 1. The number of halogens is 2. The zero-order chi connectivity index (χ0) is 18.6. The Balaban J connectivity index is 2.18. The van der Waals surface area contributed by atoms with E-state index < -0.39 is 17.0 Å². The van der Waals surface area contributed by atoms with Crippen LogP contribution in [0, 0.1) is 28.5 Å². The third kappa shape index (κ3) is 4.38. The van der Waals surface area contributed by atoms with E-state index in [4.69, 9.17) is 27.9 Å². The summed E-state index contributed by atoms with van der Waals surface area (Å²) in [5.74, 6) is -1.17. The van der Waals surface area contributed by atoms with E-state index in [1.807, 2.05) is 12.1 Å². The zero-order valence-electron chi connectivity index (χ0n) is 12.9. The summed E-state index contributed by atoms with van der Waals surface area (Å²) < 4.78 is 13.7. The summed E-state index contributed by atoms with van der Waals surface area (Å²) in [6, 6.07) is 8.96. The van der Waals surface area contributed by atoms with Gasteiger partial charge in [-0.05, 0) is 31.2 Å². The maximum absolute atomic E-state index is 13.7. The fourth-order valence-electron chi connectivity index (χ4n) is 1.82. The first-order chi connectivity index (χ1) is 11.8. The van der Waals surface area contributed by atoms with Crippen molar-refractivity contribution in [3.8, 4) is 12.1 Å². The van der Waals surface area contributed by atoms with Crippen molar-refractivity contribution >= 4 is 40.8 Å². The van der Waals surface area contributed by atoms with Crippen LogP contribution in [0.1, 0.15) is 18.1 Å². The lowest BCUT2D eigenvalue weighted by molar-refractivity contribution is -0.115. The Morgan fingerprint density at radius 2 is 2.04 bits per heavy atom. The van der Waals surface area contributed by atoms with Gasteiger partial charge in [0.05, 0.1) is 22.1 Å². The summed E-state index contributed by atoms with van der Waals surface area (Å²) in [7, 11) is 0. The average molecular weight is 376 g/mol. The van der Waals surface area contributed by atoms with Crippen molar-refractivity contribution in [2.45, 2.75) is 17.2 Å². The number of hydrogen-bond acceptors (Lipinski definition) is 6. The van der Waals surface area contributed by atoms with E-state index in [9.17, 15) is 9.18 Å². The number of pyridine rings is 1. The van der Waals surface area contributed by atoms with Gasteiger partial charge >= 0.3 is 0 Å². The molecule has 0 fully saturated rings. The van der Waals surface area contributed by atoms with E-state index in [1.165, 1.54) is 18.2 Å². The van der Waals surface area contributed by atoms with Crippen LogP contribution in [0.5, 0.6) is 0 Å². The number of nitrogens with two attached hydrogens (primary N) is 1. The van der Waals surface area contributed by atoms with Crippen molar-refractivity contribution < 1.29 is 9.18 Å². The third-order valence-corrected chi connectivity index (χ3v) is 4.44. The molecular weight excluding hydrogens is 365 g/mol. The van der Waals surface area contributed by atoms with Crippen molar-refractivity contribution in [2.24, 2.45) is 0 Å². The maximum Gasteiger partial charge on any atom is 0.237 e. The smallest absolute Gasteiger partial charge is 0.237 e. The van der Waals surface area contributed by atoms with Crippen LogP contribution in [0.25, 0.3) is 0 Å². The lowest BCUT2D eigenvalue weighted by atomic mass is 10.2. The number of hydrogen-bond donors (Lipinski definition) is 2. The Bertz CT molecular complexity index is 922. The quantitative estimate of drug-likeness (QED) is 0.792. The molecule has 6 nitrogen and oxygen atoms in total. The van der Waals surface area contributed by atoms with E-state index in [1.54, 1.807) is 6.92 Å². The van der Waals surface area contributed by atoms with Crippen LogP contribution in [-0.4, -0.2) is 16.1 Å². The molecule has 0 bridgehead atoms. The number of nitrogens with zero attached hydrogens (tertiary/aromatic N) is 3. The minimum atomic E-state index is -0.693. The monoisotopic (exact) mass is 375 g/mol. The second kappa shape index (κ2) is 7.84. The molecule has 126 valence electrons. The molecule has 0 saturated heterocycles. The number of carbonyl (C=O) groups is 1. The van der Waals surface area contributed by atoms with Gasteiger partial charge in [0.2, 0.25) is 5.91 Å². The normalized spacial score (nSPS) is 11.2. The van der Waals surface area contributed by atoms with Gasteiger partial charge in [-0.2, -0.15) is 10.5 Å². The minimum Gasteiger partial charge on any atom is -0.383 e. The summed E-state index contributed by atoms with van der Waals surface area (Å²) >= 11 is 6.65. The largest absolute Gasteiger partial charge is 0.383 e. The molecular formula is C16H11ClFN5OS. The number of thioether (sulfide) groups is 1. The first-order valence-corrected chi connectivity index (χ1v) is 8.14. The first-order valence-electron chi connectivity index (χ1n) is 6.89. The fourth-order valence-corrected chi connectivity index (χ4v) is 2.86. The highest BCUT2D eigenvalue weighted by Gasteiger charge is 2.20. The molecule has 1 aromatic heterocycles. The Kier molecular flexibility index (Phi) is 5.81. The molecule has 1 aromatic carbocycles. The zero-order valence-corrected chi connectivity index (χ0v) is 14.5. The van der Waals surface area contributed by atoms with Crippen molar-refractivity contribution in [2.75, 3.05) is 11.1 Å². The van der Waals surface area contributed by atoms with Crippen LogP contribution in [0.4, 0.5) is 15.9 Å². The number of anilines is 2. The molecule has 0 aliphatic carbocycles. The van der Waals surface area contributed by atoms with E-state index in [0.29, 0.717) is 0 Å². The van der Waals surface area contributed by atoms with Gasteiger partial charge in [-0.25, -0.2) is 9.37 Å². The Hall–Kier alpha value is -2.81. The number of amides is 1. The van der Waals surface area contributed by atoms with Crippen LogP contribution >= 0.6 is 23.4 Å². The summed E-state index contributed by atoms with van der Waals surface area (Å²) in [6.07, 6.45) is 0. The topological polar surface area (TPSA) is 116 Å². The van der Waals surface area contributed by atoms with Gasteiger partial charge in [-0.1, -0.05) is 23.4 Å². The first kappa shape index (κ1) is 18.5. The number of nitrogens with one attached hydrogen (secondary N) is 1. The van der Waals surface area contributed by atoms with Gasteiger partial charge in [-0.3, -0.25) is 4.79 Å². The van der Waals surface area contributed by atoms with E-state index in [2.05, 4.69) is 10.3 Å². The second-order valence-corrected chi connectivity index (χ2v) is 6.64. The molecule has 0 aliphatic heterocycles. The summed E-state index contributed by atoms with van der Waals surface area (Å²) in [4.78, 5) is 16.2. The molecule has 0 aliphatic rings. The lowest BCUT2D eigenvalue weighted by Gasteiger charge is -2.13. The number of nitriles is 2. The minimum absolute atomic E-state index is 0.00495. The van der Waals surface area contributed by atoms with Gasteiger partial charge in [0, 0.05) is 5.02 Å². The lowest BCUT2D eigenvalue weighted by Crippen LogP contribution is -2.23. The summed E-state index contributed by atoms with van der Waals surface area (Å²) in [5.41, 5.74) is 5.86. The van der Waals surface area contributed by atoms with Gasteiger partial charge in [0.15, 0.2) is 0 Å². The second-order valence-electron chi connectivity index (χ2n) is 4.87. The summed E-state index contributed by atoms with van der Waals surface area (Å²) in [6.45, 7) is 1.57. The van der Waals surface area contributed by atoms with Crippen LogP contribution < -0.4 is 11.1 Å². The van der Waals surface area contributed by atoms with E-state index >= 15 is 0 Å². The highest BCUT2D eigenvalue weighted by Crippen LogP contribution is 2.28. The Labute approximate surface area is 152 Å². The number of benzene rings is 1. The average Bonchev–Trinajstić information content (AvgIpc) is 2.57. The Morgan fingerprint density at radius 1 is 1.36 bits per heavy atom. The predicted octanol–water partition coefficient (Wildman–Crippen LogP) is 3.32. The van der Waals surface area contributed by atoms with Crippen molar-refractivity contribution in [3.05, 3.63) is 46.2 Å². The highest BCUT2D eigenvalue weighted by atomic mass is 35.5. The van der Waals surface area contributed by atoms with Crippen LogP contribution in [-0.2, 0) is 4.79 Å². The van der Waals surface area contributed by atoms with E-state index in [0.717, 1.165) is 17.8 Å². The molecule has 2 aromatic rings. The summed E-state index contributed by atoms with van der Waals surface area (Å²) in [5, 5.41) is 20.3. The molecule has 0 saturated carbocycles. The third-order valence-electron chi connectivity index (χ3n) is 3.10. The molecule has 1 heterocycles. The van der Waals surface area contributed by atoms with Crippen LogP contribution in [0.15, 0.2) is 29.3 Å². The molecule has 25 heavy (non-hydrogen) atoms. The predicted molar refractivity (Wildman–Crippen MR) is 93.4 cm³/mol. The Morgan fingerprint density at radius 3 is 2.64 bits per heavy atom. The SMILES string of the molecule is C[C@@H](Sc1nc(N)c(C#N)cc1C#N)C(=O)Nc1ccc(Cl)cc1F. The molecule has 3 N–H and O–H groups in total. The van der Waals surface area contributed by atoms with Crippen LogP contribution in [0.3, 0.4) is 0 Å². The molecule has 1 amide bonds. The van der Waals surface area contributed by atoms with Gasteiger partial charge in [0.25, 0.3) is 0 Å². The number of aromatic nitrogens is 1. The molecule has 0 unspecified atom stereocenters. The van der Waals surface area contributed by atoms with Gasteiger partial charge < -0.3 is 11.1 Å². The number of rotatable bonds is 4. The number of carbonyl (C=O) groups excluding carboxylic acids is 1. The van der Waals surface area contributed by atoms with Gasteiger partial charge in [-0.15, -0.1) is 0 Å². The van der Waals surface area contributed by atoms with Crippen molar-refractivity contribution in [1.29, 1.82) is 10.5 Å². The van der Waals surface area contributed by atoms with Gasteiger partial charge in [0.1, 0.15) is 28.8 Å². The highest BCUT2D eigenvalue weighted by molar-refractivity contribution is 8.00. The molecule has 0 spiro atoms. The maximum atomic E-state index is 13.7. The van der Waals surface area contributed by atoms with E-state index in [-0.39, 0.29) is 32.7 Å². The standard InChI is InChI=1S/C16H11ClFN5OS/c1-8(15(24)22-13-3-2-11(17)5-12(13)18)25-16-10(7-20)4-9(6-19)14(21)23-16/h2-5,8H,1H3,(H2,21,23)(H,22,24)/t8-/m1/s1. The molecule has 9 heteroatoms.